The predicted octanol–water partition coefficient (Wildman–Crippen LogP) is 7.84. The number of benzene rings is 1. The zero-order chi connectivity index (χ0) is 29.2. The Bertz CT molecular complexity index is 1220. The molecule has 5 fully saturated rings. The number of aliphatic hydroxyl groups is 2. The fourth-order valence-corrected chi connectivity index (χ4v) is 12.1. The number of fused-ring (bicyclic) bond motifs is 9. The first-order valence-corrected chi connectivity index (χ1v) is 16.6. The van der Waals surface area contributed by atoms with Crippen molar-refractivity contribution in [3.63, 3.8) is 0 Å². The van der Waals surface area contributed by atoms with Crippen molar-refractivity contribution in [2.45, 2.75) is 124 Å². The molecule has 0 amide bonds. The van der Waals surface area contributed by atoms with E-state index in [1.807, 2.05) is 0 Å². The summed E-state index contributed by atoms with van der Waals surface area (Å²) < 4.78 is 13.3. The molecule has 5 aliphatic carbocycles. The van der Waals surface area contributed by atoms with Gasteiger partial charge in [-0.3, -0.25) is 0 Å². The average molecular weight is 563 g/mol. The minimum absolute atomic E-state index is 0.0310. The van der Waals surface area contributed by atoms with Crippen LogP contribution in [0.4, 0.5) is 0 Å². The third-order valence-corrected chi connectivity index (χ3v) is 15.0. The Morgan fingerprint density at radius 3 is 2.22 bits per heavy atom. The summed E-state index contributed by atoms with van der Waals surface area (Å²) >= 11 is 0. The van der Waals surface area contributed by atoms with Crippen molar-refractivity contribution in [2.75, 3.05) is 6.61 Å². The van der Waals surface area contributed by atoms with Crippen LogP contribution in [0.3, 0.4) is 0 Å². The highest BCUT2D eigenvalue weighted by Crippen LogP contribution is 2.76. The number of rotatable bonds is 1. The van der Waals surface area contributed by atoms with E-state index in [0.29, 0.717) is 17.8 Å². The molecule has 4 nitrogen and oxygen atoms in total. The van der Waals surface area contributed by atoms with E-state index in [-0.39, 0.29) is 44.9 Å². The van der Waals surface area contributed by atoms with Crippen LogP contribution in [0.25, 0.3) is 0 Å². The van der Waals surface area contributed by atoms with Crippen molar-refractivity contribution in [1.29, 1.82) is 0 Å². The maximum absolute atomic E-state index is 11.5. The zero-order valence-electron chi connectivity index (χ0n) is 26.6. The van der Waals surface area contributed by atoms with E-state index in [1.165, 1.54) is 19.3 Å². The number of ether oxygens (including phenoxy) is 2. The lowest BCUT2D eigenvalue weighted by molar-refractivity contribution is -0.318. The normalized spacial score (nSPS) is 54.0. The van der Waals surface area contributed by atoms with E-state index >= 15 is 0 Å². The minimum atomic E-state index is -0.665. The molecule has 226 valence electrons. The van der Waals surface area contributed by atoms with Gasteiger partial charge in [0.25, 0.3) is 0 Å². The first-order chi connectivity index (χ1) is 19.2. The van der Waals surface area contributed by atoms with E-state index < -0.39 is 12.2 Å². The molecule has 1 heterocycles. The molecule has 6 aliphatic rings. The Hall–Kier alpha value is -1.20. The second kappa shape index (κ2) is 8.93. The molecule has 0 spiro atoms. The zero-order valence-corrected chi connectivity index (χ0v) is 26.6. The SMILES string of the molecule is CC1(C)C[C@@H]2C3=CC[C@@H]4[C@@]5(C)CCC6OC(c7ccccc7)OC[C@@]6(C)C5CC[C@@]4(C)[C@]3(C)CC[C@@]2(C)[C@@H](O)[C@@H]1O. The number of hydrogen-bond donors (Lipinski definition) is 2. The Morgan fingerprint density at radius 2 is 1.49 bits per heavy atom. The summed E-state index contributed by atoms with van der Waals surface area (Å²) in [7, 11) is 0. The van der Waals surface area contributed by atoms with Crippen LogP contribution in [0, 0.1) is 50.2 Å². The molecular weight excluding hydrogens is 508 g/mol. The van der Waals surface area contributed by atoms with Crippen molar-refractivity contribution < 1.29 is 19.7 Å². The molecule has 3 unspecified atom stereocenters. The van der Waals surface area contributed by atoms with Crippen LogP contribution >= 0.6 is 0 Å². The van der Waals surface area contributed by atoms with Gasteiger partial charge in [0.2, 0.25) is 0 Å². The van der Waals surface area contributed by atoms with Crippen LogP contribution in [-0.4, -0.2) is 35.1 Å². The van der Waals surface area contributed by atoms with Gasteiger partial charge in [0.15, 0.2) is 6.29 Å². The van der Waals surface area contributed by atoms with Gasteiger partial charge in [-0.1, -0.05) is 90.4 Å². The quantitative estimate of drug-likeness (QED) is 0.342. The smallest absolute Gasteiger partial charge is 0.184 e. The van der Waals surface area contributed by atoms with Crippen molar-refractivity contribution in [2.24, 2.45) is 50.2 Å². The largest absolute Gasteiger partial charge is 0.390 e. The fourth-order valence-electron chi connectivity index (χ4n) is 12.1. The third-order valence-electron chi connectivity index (χ3n) is 15.0. The molecule has 0 radical (unpaired) electrons. The van der Waals surface area contributed by atoms with E-state index in [4.69, 9.17) is 9.47 Å². The average Bonchev–Trinajstić information content (AvgIpc) is 2.94. The molecule has 0 bridgehead atoms. The highest BCUT2D eigenvalue weighted by molar-refractivity contribution is 5.34. The summed E-state index contributed by atoms with van der Waals surface area (Å²) in [4.78, 5) is 0. The molecule has 4 saturated carbocycles. The Kier molecular flexibility index (Phi) is 6.22. The summed E-state index contributed by atoms with van der Waals surface area (Å²) in [6.45, 7) is 17.7. The lowest BCUT2D eigenvalue weighted by atomic mass is 9.33. The van der Waals surface area contributed by atoms with Gasteiger partial charge in [-0.15, -0.1) is 0 Å². The second-order valence-corrected chi connectivity index (χ2v) is 17.2. The summed E-state index contributed by atoms with van der Waals surface area (Å²) in [5.74, 6) is 1.55. The van der Waals surface area contributed by atoms with Gasteiger partial charge in [0, 0.05) is 16.4 Å². The van der Waals surface area contributed by atoms with Gasteiger partial charge in [-0.2, -0.15) is 0 Å². The summed E-state index contributed by atoms with van der Waals surface area (Å²) in [6.07, 6.45) is 10.3. The maximum Gasteiger partial charge on any atom is 0.184 e. The molecule has 2 N–H and O–H groups in total. The standard InChI is InChI=1S/C37H54O4/c1-32(2)21-25-24-13-14-27-34(4)17-16-28-35(5,22-40-31(41-28)23-11-9-8-10-12-23)26(34)15-18-37(27,7)36(24,6)20-19-33(25,3)30(39)29(32)38/h8-13,25-31,38-39H,14-22H2,1-7H3/t25-,26?,27-,28?,29+,30+,31?,33-,34+,35+,36-,37-/m1/s1. The van der Waals surface area contributed by atoms with Crippen LogP contribution in [0.2, 0.25) is 0 Å². The predicted molar refractivity (Wildman–Crippen MR) is 162 cm³/mol. The third kappa shape index (κ3) is 3.60. The van der Waals surface area contributed by atoms with Gasteiger partial charge in [0.1, 0.15) is 0 Å². The Morgan fingerprint density at radius 1 is 0.756 bits per heavy atom. The van der Waals surface area contributed by atoms with Crippen LogP contribution in [0.15, 0.2) is 42.0 Å². The molecule has 1 saturated heterocycles. The molecule has 7 rings (SSSR count). The van der Waals surface area contributed by atoms with Gasteiger partial charge in [-0.25, -0.2) is 0 Å². The Balaban J connectivity index is 1.21. The van der Waals surface area contributed by atoms with Crippen LogP contribution in [-0.2, 0) is 9.47 Å². The summed E-state index contributed by atoms with van der Waals surface area (Å²) in [6, 6.07) is 10.5. The molecule has 41 heavy (non-hydrogen) atoms. The van der Waals surface area contributed by atoms with E-state index in [2.05, 4.69) is 84.9 Å². The Labute approximate surface area is 248 Å². The van der Waals surface area contributed by atoms with E-state index in [0.717, 1.165) is 44.3 Å². The van der Waals surface area contributed by atoms with Gasteiger partial charge in [0.05, 0.1) is 24.9 Å². The number of aliphatic hydroxyl groups excluding tert-OH is 2. The molecule has 1 aromatic carbocycles. The monoisotopic (exact) mass is 562 g/mol. The molecule has 4 heteroatoms. The highest BCUT2D eigenvalue weighted by atomic mass is 16.7. The second-order valence-electron chi connectivity index (χ2n) is 17.2. The summed E-state index contributed by atoms with van der Waals surface area (Å²) in [5, 5.41) is 22.5. The van der Waals surface area contributed by atoms with E-state index in [9.17, 15) is 10.2 Å². The highest BCUT2D eigenvalue weighted by Gasteiger charge is 2.70. The number of allylic oxidation sites excluding steroid dienone is 2. The van der Waals surface area contributed by atoms with Gasteiger partial charge >= 0.3 is 0 Å². The van der Waals surface area contributed by atoms with Crippen molar-refractivity contribution in [3.05, 3.63) is 47.5 Å². The molecule has 1 aliphatic heterocycles. The first-order valence-electron chi connectivity index (χ1n) is 16.6. The summed E-state index contributed by atoms with van der Waals surface area (Å²) in [5.41, 5.74) is 2.84. The minimum Gasteiger partial charge on any atom is -0.390 e. The van der Waals surface area contributed by atoms with Crippen molar-refractivity contribution in [1.82, 2.24) is 0 Å². The van der Waals surface area contributed by atoms with Gasteiger partial charge < -0.3 is 19.7 Å². The lowest BCUT2D eigenvalue weighted by Crippen LogP contribution is -2.67. The van der Waals surface area contributed by atoms with Gasteiger partial charge in [-0.05, 0) is 90.8 Å². The molecule has 12 atom stereocenters. The van der Waals surface area contributed by atoms with Crippen LogP contribution < -0.4 is 0 Å². The van der Waals surface area contributed by atoms with E-state index in [1.54, 1.807) is 5.57 Å². The van der Waals surface area contributed by atoms with Crippen LogP contribution in [0.1, 0.15) is 112 Å². The molecule has 1 aromatic rings. The lowest BCUT2D eigenvalue weighted by Gasteiger charge is -2.72. The fraction of sp³-hybridized carbons (Fsp3) is 0.784. The topological polar surface area (TPSA) is 58.9 Å². The molecular formula is C37H54O4. The van der Waals surface area contributed by atoms with Crippen LogP contribution in [0.5, 0.6) is 0 Å². The maximum atomic E-state index is 11.5. The number of hydrogen-bond acceptors (Lipinski definition) is 4. The van der Waals surface area contributed by atoms with Crippen molar-refractivity contribution in [3.8, 4) is 0 Å². The first kappa shape index (κ1) is 28.6. The molecule has 0 aromatic heterocycles. The van der Waals surface area contributed by atoms with Crippen molar-refractivity contribution >= 4 is 0 Å².